The van der Waals surface area contributed by atoms with E-state index in [-0.39, 0.29) is 5.92 Å². The van der Waals surface area contributed by atoms with E-state index >= 15 is 0 Å². The lowest BCUT2D eigenvalue weighted by Gasteiger charge is -2.18. The number of halogens is 2. The summed E-state index contributed by atoms with van der Waals surface area (Å²) in [6.07, 6.45) is 4.54. The van der Waals surface area contributed by atoms with Gasteiger partial charge in [0.15, 0.2) is 0 Å². The Morgan fingerprint density at radius 1 is 0.957 bits per heavy atom. The molecule has 0 saturated heterocycles. The number of rotatable bonds is 5. The van der Waals surface area contributed by atoms with E-state index in [1.165, 1.54) is 5.56 Å². The molecule has 0 aliphatic rings. The Morgan fingerprint density at radius 2 is 1.70 bits per heavy atom. The Hall–Kier alpha value is -1.81. The van der Waals surface area contributed by atoms with Crippen LogP contribution >= 0.6 is 23.2 Å². The second-order valence-electron chi connectivity index (χ2n) is 5.41. The van der Waals surface area contributed by atoms with Crippen molar-refractivity contribution in [3.63, 3.8) is 0 Å². The smallest absolute Gasteiger partial charge is 0.0595 e. The standard InChI is InChI=1S/C18H17Cl2N3/c19-17-6-5-14(9-18(17)20)16(7-8-21)13-3-1-12(2-4-13)15-10-22-23-11-15/h1-6,9-11,16H,7-8,21H2,(H,22,23)/t16-/m1/s1. The molecule has 1 aromatic heterocycles. The zero-order chi connectivity index (χ0) is 16.2. The summed E-state index contributed by atoms with van der Waals surface area (Å²) in [6.45, 7) is 0.606. The van der Waals surface area contributed by atoms with E-state index in [4.69, 9.17) is 28.9 Å². The molecule has 3 rings (SSSR count). The molecule has 0 unspecified atom stereocenters. The van der Waals surface area contributed by atoms with E-state index in [9.17, 15) is 0 Å². The number of hydrogen-bond acceptors (Lipinski definition) is 2. The quantitative estimate of drug-likeness (QED) is 0.693. The molecule has 0 amide bonds. The monoisotopic (exact) mass is 345 g/mol. The summed E-state index contributed by atoms with van der Waals surface area (Å²) in [4.78, 5) is 0. The Balaban J connectivity index is 1.93. The van der Waals surface area contributed by atoms with E-state index in [1.54, 1.807) is 0 Å². The van der Waals surface area contributed by atoms with Crippen molar-refractivity contribution >= 4 is 23.2 Å². The molecule has 5 heteroatoms. The van der Waals surface area contributed by atoms with Crippen molar-refractivity contribution in [2.24, 2.45) is 5.73 Å². The third kappa shape index (κ3) is 3.58. The molecule has 0 bridgehead atoms. The second kappa shape index (κ2) is 7.18. The van der Waals surface area contributed by atoms with Gasteiger partial charge in [-0.1, -0.05) is 53.5 Å². The third-order valence-electron chi connectivity index (χ3n) is 3.95. The average Bonchev–Trinajstić information content (AvgIpc) is 3.10. The highest BCUT2D eigenvalue weighted by atomic mass is 35.5. The van der Waals surface area contributed by atoms with Crippen molar-refractivity contribution in [1.29, 1.82) is 0 Å². The van der Waals surface area contributed by atoms with Crippen LogP contribution in [-0.4, -0.2) is 16.7 Å². The third-order valence-corrected chi connectivity index (χ3v) is 4.69. The summed E-state index contributed by atoms with van der Waals surface area (Å²) in [5.41, 5.74) is 10.3. The molecule has 0 fully saturated rings. The molecule has 23 heavy (non-hydrogen) atoms. The Kier molecular flexibility index (Phi) is 5.01. The van der Waals surface area contributed by atoms with Gasteiger partial charge in [-0.2, -0.15) is 5.10 Å². The highest BCUT2D eigenvalue weighted by Gasteiger charge is 2.15. The number of nitrogens with zero attached hydrogens (tertiary/aromatic N) is 1. The SMILES string of the molecule is NCC[C@H](c1ccc(-c2cn[nH]c2)cc1)c1ccc(Cl)c(Cl)c1. The lowest BCUT2D eigenvalue weighted by Crippen LogP contribution is -2.09. The van der Waals surface area contributed by atoms with Gasteiger partial charge in [-0.15, -0.1) is 0 Å². The highest BCUT2D eigenvalue weighted by molar-refractivity contribution is 6.42. The molecule has 3 aromatic rings. The van der Waals surface area contributed by atoms with E-state index in [2.05, 4.69) is 34.5 Å². The molecule has 3 N–H and O–H groups in total. The van der Waals surface area contributed by atoms with Crippen molar-refractivity contribution in [3.05, 3.63) is 76.0 Å². The molecule has 0 aliphatic heterocycles. The minimum atomic E-state index is 0.202. The summed E-state index contributed by atoms with van der Waals surface area (Å²) in [5, 5.41) is 7.95. The van der Waals surface area contributed by atoms with Crippen LogP contribution in [0.15, 0.2) is 54.9 Å². The van der Waals surface area contributed by atoms with Crippen LogP contribution in [0, 0.1) is 0 Å². The van der Waals surface area contributed by atoms with Gasteiger partial charge in [0.1, 0.15) is 0 Å². The van der Waals surface area contributed by atoms with Gasteiger partial charge >= 0.3 is 0 Å². The number of aromatic nitrogens is 2. The fourth-order valence-electron chi connectivity index (χ4n) is 2.74. The maximum absolute atomic E-state index is 6.16. The van der Waals surface area contributed by atoms with Crippen LogP contribution in [0.1, 0.15) is 23.5 Å². The number of aromatic amines is 1. The number of hydrogen-bond donors (Lipinski definition) is 2. The molecule has 0 spiro atoms. The predicted molar refractivity (Wildman–Crippen MR) is 96.0 cm³/mol. The van der Waals surface area contributed by atoms with Gasteiger partial charge in [0.05, 0.1) is 16.2 Å². The minimum absolute atomic E-state index is 0.202. The first-order valence-corrected chi connectivity index (χ1v) is 8.18. The predicted octanol–water partition coefficient (Wildman–Crippen LogP) is 4.86. The van der Waals surface area contributed by atoms with Gasteiger partial charge in [0.2, 0.25) is 0 Å². The van der Waals surface area contributed by atoms with Gasteiger partial charge in [-0.05, 0) is 41.8 Å². The van der Waals surface area contributed by atoms with Gasteiger partial charge in [-0.3, -0.25) is 5.10 Å². The van der Waals surface area contributed by atoms with E-state index in [0.717, 1.165) is 23.1 Å². The van der Waals surface area contributed by atoms with Crippen LogP contribution < -0.4 is 5.73 Å². The average molecular weight is 346 g/mol. The number of nitrogens with one attached hydrogen (secondary N) is 1. The largest absolute Gasteiger partial charge is 0.330 e. The summed E-state index contributed by atoms with van der Waals surface area (Å²) >= 11 is 12.2. The lowest BCUT2D eigenvalue weighted by atomic mass is 9.88. The molecule has 1 atom stereocenters. The number of nitrogens with two attached hydrogens (primary N) is 1. The van der Waals surface area contributed by atoms with Crippen LogP contribution in [0.3, 0.4) is 0 Å². The van der Waals surface area contributed by atoms with Crippen molar-refractivity contribution in [2.45, 2.75) is 12.3 Å². The van der Waals surface area contributed by atoms with Gasteiger partial charge in [0.25, 0.3) is 0 Å². The Labute approximate surface area is 145 Å². The van der Waals surface area contributed by atoms with Crippen molar-refractivity contribution in [2.75, 3.05) is 6.54 Å². The molecule has 0 aliphatic carbocycles. The second-order valence-corrected chi connectivity index (χ2v) is 6.23. The first-order chi connectivity index (χ1) is 11.2. The van der Waals surface area contributed by atoms with Crippen molar-refractivity contribution < 1.29 is 0 Å². The van der Waals surface area contributed by atoms with E-state index in [0.29, 0.717) is 16.6 Å². The maximum atomic E-state index is 6.16. The molecule has 0 saturated carbocycles. The molecular weight excluding hydrogens is 329 g/mol. The van der Waals surface area contributed by atoms with E-state index in [1.807, 2.05) is 30.6 Å². The molecule has 3 nitrogen and oxygen atoms in total. The first kappa shape index (κ1) is 16.1. The van der Waals surface area contributed by atoms with Crippen LogP contribution in [-0.2, 0) is 0 Å². The Morgan fingerprint density at radius 3 is 2.30 bits per heavy atom. The molecule has 0 radical (unpaired) electrons. The Bertz CT molecular complexity index is 767. The van der Waals surface area contributed by atoms with Crippen LogP contribution in [0.5, 0.6) is 0 Å². The topological polar surface area (TPSA) is 54.7 Å². The first-order valence-electron chi connectivity index (χ1n) is 7.43. The van der Waals surface area contributed by atoms with Crippen LogP contribution in [0.4, 0.5) is 0 Å². The van der Waals surface area contributed by atoms with Gasteiger partial charge in [-0.25, -0.2) is 0 Å². The summed E-state index contributed by atoms with van der Waals surface area (Å²) in [7, 11) is 0. The summed E-state index contributed by atoms with van der Waals surface area (Å²) in [6, 6.07) is 14.2. The molecule has 2 aromatic carbocycles. The van der Waals surface area contributed by atoms with E-state index < -0.39 is 0 Å². The van der Waals surface area contributed by atoms with Crippen LogP contribution in [0.2, 0.25) is 10.0 Å². The molecular formula is C18H17Cl2N3. The zero-order valence-corrected chi connectivity index (χ0v) is 14.0. The van der Waals surface area contributed by atoms with Crippen molar-refractivity contribution in [3.8, 4) is 11.1 Å². The normalized spacial score (nSPS) is 12.3. The minimum Gasteiger partial charge on any atom is -0.330 e. The fourth-order valence-corrected chi connectivity index (χ4v) is 3.04. The molecule has 118 valence electrons. The zero-order valence-electron chi connectivity index (χ0n) is 12.5. The lowest BCUT2D eigenvalue weighted by molar-refractivity contribution is 0.726. The number of H-pyrrole nitrogens is 1. The highest BCUT2D eigenvalue weighted by Crippen LogP contribution is 2.33. The fraction of sp³-hybridized carbons (Fsp3) is 0.167. The number of benzene rings is 2. The summed E-state index contributed by atoms with van der Waals surface area (Å²) in [5.74, 6) is 0.202. The van der Waals surface area contributed by atoms with Crippen LogP contribution in [0.25, 0.3) is 11.1 Å². The van der Waals surface area contributed by atoms with Crippen molar-refractivity contribution in [1.82, 2.24) is 10.2 Å². The van der Waals surface area contributed by atoms with Gasteiger partial charge in [0, 0.05) is 17.7 Å². The molecule has 1 heterocycles. The maximum Gasteiger partial charge on any atom is 0.0595 e. The summed E-state index contributed by atoms with van der Waals surface area (Å²) < 4.78 is 0. The van der Waals surface area contributed by atoms with Gasteiger partial charge < -0.3 is 5.73 Å².